The third-order valence-electron chi connectivity index (χ3n) is 4.91. The molecule has 0 aliphatic carbocycles. The van der Waals surface area contributed by atoms with Crippen molar-refractivity contribution in [2.24, 2.45) is 7.05 Å². The predicted octanol–water partition coefficient (Wildman–Crippen LogP) is 2.81. The van der Waals surface area contributed by atoms with Crippen LogP contribution in [0, 0.1) is 25.2 Å². The molecule has 1 aliphatic heterocycles. The van der Waals surface area contributed by atoms with Gasteiger partial charge in [-0.05, 0) is 44.4 Å². The number of hydrogen-bond donors (Lipinski definition) is 0. The van der Waals surface area contributed by atoms with Gasteiger partial charge in [0.2, 0.25) is 5.91 Å². The molecule has 124 valence electrons. The number of nitriles is 1. The lowest BCUT2D eigenvalue weighted by Gasteiger charge is -2.25. The summed E-state index contributed by atoms with van der Waals surface area (Å²) >= 11 is 0. The molecule has 1 aliphatic rings. The molecule has 2 heterocycles. The number of rotatable bonds is 3. The molecule has 0 bridgehead atoms. The summed E-state index contributed by atoms with van der Waals surface area (Å²) in [5.74, 6) is 0.143. The van der Waals surface area contributed by atoms with E-state index in [9.17, 15) is 4.79 Å². The van der Waals surface area contributed by atoms with E-state index < -0.39 is 0 Å². The zero-order chi connectivity index (χ0) is 17.3. The lowest BCUT2D eigenvalue weighted by atomic mass is 10.0. The third-order valence-corrected chi connectivity index (χ3v) is 4.91. The summed E-state index contributed by atoms with van der Waals surface area (Å²) in [5.41, 5.74) is 4.91. The minimum absolute atomic E-state index is 0.129. The third kappa shape index (κ3) is 2.92. The fraction of sp³-hybridized carbons (Fsp3) is 0.421. The van der Waals surface area contributed by atoms with E-state index in [-0.39, 0.29) is 11.9 Å². The molecular formula is C19H22N4O. The van der Waals surface area contributed by atoms with Crippen molar-refractivity contribution < 1.29 is 4.79 Å². The molecular weight excluding hydrogens is 300 g/mol. The van der Waals surface area contributed by atoms with E-state index in [0.29, 0.717) is 12.0 Å². The molecule has 1 unspecified atom stereocenters. The number of benzene rings is 1. The number of aryl methyl sites for hydroxylation is 2. The van der Waals surface area contributed by atoms with Crippen molar-refractivity contribution in [3.8, 4) is 6.07 Å². The Morgan fingerprint density at radius 3 is 2.62 bits per heavy atom. The van der Waals surface area contributed by atoms with E-state index in [0.717, 1.165) is 36.3 Å². The molecule has 1 fully saturated rings. The first kappa shape index (κ1) is 16.3. The first-order valence-corrected chi connectivity index (χ1v) is 8.30. The number of carbonyl (C=O) groups is 1. The van der Waals surface area contributed by atoms with Crippen LogP contribution in [0.5, 0.6) is 0 Å². The number of hydrogen-bond acceptors (Lipinski definition) is 3. The lowest BCUT2D eigenvalue weighted by molar-refractivity contribution is -0.131. The molecule has 0 radical (unpaired) electrons. The van der Waals surface area contributed by atoms with Crippen LogP contribution in [0.15, 0.2) is 24.3 Å². The Balaban J connectivity index is 1.79. The number of likely N-dealkylation sites (tertiary alicyclic amines) is 1. The number of amides is 1. The van der Waals surface area contributed by atoms with Crippen LogP contribution in [-0.2, 0) is 18.3 Å². The lowest BCUT2D eigenvalue weighted by Crippen LogP contribution is -2.32. The van der Waals surface area contributed by atoms with Gasteiger partial charge in [0.1, 0.15) is 0 Å². The highest BCUT2D eigenvalue weighted by Gasteiger charge is 2.33. The van der Waals surface area contributed by atoms with Crippen molar-refractivity contribution in [3.63, 3.8) is 0 Å². The second-order valence-corrected chi connectivity index (χ2v) is 6.44. The molecule has 5 nitrogen and oxygen atoms in total. The molecule has 0 N–H and O–H groups in total. The van der Waals surface area contributed by atoms with Crippen molar-refractivity contribution in [3.05, 3.63) is 52.3 Å². The monoisotopic (exact) mass is 322 g/mol. The summed E-state index contributed by atoms with van der Waals surface area (Å²) < 4.78 is 1.90. The Labute approximate surface area is 142 Å². The highest BCUT2D eigenvalue weighted by molar-refractivity contribution is 5.79. The van der Waals surface area contributed by atoms with Gasteiger partial charge < -0.3 is 4.90 Å². The van der Waals surface area contributed by atoms with Crippen LogP contribution < -0.4 is 0 Å². The number of aromatic nitrogens is 2. The van der Waals surface area contributed by atoms with Gasteiger partial charge in [-0.25, -0.2) is 0 Å². The predicted molar refractivity (Wildman–Crippen MR) is 91.2 cm³/mol. The highest BCUT2D eigenvalue weighted by atomic mass is 16.2. The Kier molecular flexibility index (Phi) is 4.39. The van der Waals surface area contributed by atoms with Crippen molar-refractivity contribution in [2.75, 3.05) is 6.54 Å². The average molecular weight is 322 g/mol. The molecule has 1 aromatic heterocycles. The van der Waals surface area contributed by atoms with Crippen molar-refractivity contribution >= 4 is 5.91 Å². The summed E-state index contributed by atoms with van der Waals surface area (Å²) in [5, 5.41) is 13.4. The topological polar surface area (TPSA) is 61.9 Å². The van der Waals surface area contributed by atoms with Crippen LogP contribution >= 0.6 is 0 Å². The van der Waals surface area contributed by atoms with Gasteiger partial charge in [0.15, 0.2) is 0 Å². The van der Waals surface area contributed by atoms with Crippen LogP contribution in [0.25, 0.3) is 0 Å². The molecule has 1 saturated heterocycles. The van der Waals surface area contributed by atoms with Gasteiger partial charge in [-0.2, -0.15) is 10.4 Å². The van der Waals surface area contributed by atoms with Crippen LogP contribution in [0.2, 0.25) is 0 Å². The smallest absolute Gasteiger partial charge is 0.227 e. The summed E-state index contributed by atoms with van der Waals surface area (Å²) in [6, 6.07) is 9.48. The van der Waals surface area contributed by atoms with Gasteiger partial charge in [-0.3, -0.25) is 9.48 Å². The van der Waals surface area contributed by atoms with Crippen LogP contribution in [0.3, 0.4) is 0 Å². The Hall–Kier alpha value is -2.61. The van der Waals surface area contributed by atoms with Crippen LogP contribution in [0.1, 0.15) is 47.0 Å². The maximum absolute atomic E-state index is 12.8. The van der Waals surface area contributed by atoms with Gasteiger partial charge in [0.05, 0.1) is 29.8 Å². The Bertz CT molecular complexity index is 798. The van der Waals surface area contributed by atoms with E-state index in [1.807, 2.05) is 35.7 Å². The van der Waals surface area contributed by atoms with Gasteiger partial charge >= 0.3 is 0 Å². The zero-order valence-corrected chi connectivity index (χ0v) is 14.4. The van der Waals surface area contributed by atoms with E-state index in [4.69, 9.17) is 5.26 Å². The molecule has 1 atom stereocenters. The fourth-order valence-electron chi connectivity index (χ4n) is 3.61. The van der Waals surface area contributed by atoms with Gasteiger partial charge in [0, 0.05) is 24.8 Å². The van der Waals surface area contributed by atoms with Crippen molar-refractivity contribution in [1.29, 1.82) is 5.26 Å². The maximum atomic E-state index is 12.8. The zero-order valence-electron chi connectivity index (χ0n) is 14.4. The largest absolute Gasteiger partial charge is 0.335 e. The number of carbonyl (C=O) groups excluding carboxylic acids is 1. The van der Waals surface area contributed by atoms with Crippen LogP contribution in [0.4, 0.5) is 0 Å². The fourth-order valence-corrected chi connectivity index (χ4v) is 3.61. The highest BCUT2D eigenvalue weighted by Crippen LogP contribution is 2.35. The van der Waals surface area contributed by atoms with Gasteiger partial charge in [0.25, 0.3) is 0 Å². The molecule has 1 amide bonds. The van der Waals surface area contributed by atoms with Gasteiger partial charge in [-0.1, -0.05) is 12.1 Å². The molecule has 0 saturated carbocycles. The normalized spacial score (nSPS) is 17.1. The van der Waals surface area contributed by atoms with E-state index in [2.05, 4.69) is 18.1 Å². The Morgan fingerprint density at radius 1 is 1.33 bits per heavy atom. The molecule has 2 aromatic rings. The first-order valence-electron chi connectivity index (χ1n) is 8.30. The standard InChI is InChI=1S/C19H22N4O/c1-13-19(14(2)22(3)21-13)17-5-4-10-23(17)18(24)11-15-6-8-16(12-20)9-7-15/h6-9,17H,4-5,10-11H2,1-3H3. The minimum Gasteiger partial charge on any atom is -0.335 e. The summed E-state index contributed by atoms with van der Waals surface area (Å²) in [6.07, 6.45) is 2.39. The second-order valence-electron chi connectivity index (χ2n) is 6.44. The molecule has 3 rings (SSSR count). The van der Waals surface area contributed by atoms with Gasteiger partial charge in [-0.15, -0.1) is 0 Å². The van der Waals surface area contributed by atoms with Crippen molar-refractivity contribution in [2.45, 2.75) is 39.2 Å². The van der Waals surface area contributed by atoms with E-state index in [1.54, 1.807) is 12.1 Å². The Morgan fingerprint density at radius 2 is 2.04 bits per heavy atom. The summed E-state index contributed by atoms with van der Waals surface area (Å²) in [7, 11) is 1.95. The summed E-state index contributed by atoms with van der Waals surface area (Å²) in [6.45, 7) is 4.88. The second kappa shape index (κ2) is 6.48. The minimum atomic E-state index is 0.129. The SMILES string of the molecule is Cc1nn(C)c(C)c1C1CCCN1C(=O)Cc1ccc(C#N)cc1. The van der Waals surface area contributed by atoms with E-state index in [1.165, 1.54) is 5.56 Å². The number of nitrogens with zero attached hydrogens (tertiary/aromatic N) is 4. The van der Waals surface area contributed by atoms with Crippen molar-refractivity contribution in [1.82, 2.24) is 14.7 Å². The quantitative estimate of drug-likeness (QED) is 0.873. The van der Waals surface area contributed by atoms with Crippen LogP contribution in [-0.4, -0.2) is 27.1 Å². The van der Waals surface area contributed by atoms with E-state index >= 15 is 0 Å². The molecule has 5 heteroatoms. The average Bonchev–Trinajstić information content (AvgIpc) is 3.13. The first-order chi connectivity index (χ1) is 11.5. The summed E-state index contributed by atoms with van der Waals surface area (Å²) in [4.78, 5) is 14.8. The molecule has 1 aromatic carbocycles. The maximum Gasteiger partial charge on any atom is 0.227 e. The molecule has 0 spiro atoms. The molecule has 24 heavy (non-hydrogen) atoms.